The van der Waals surface area contributed by atoms with E-state index < -0.39 is 27.3 Å². The predicted octanol–water partition coefficient (Wildman–Crippen LogP) is 2.69. The van der Waals surface area contributed by atoms with Crippen molar-refractivity contribution >= 4 is 16.1 Å². The van der Waals surface area contributed by atoms with Gasteiger partial charge in [0, 0.05) is 31.1 Å². The molecule has 1 aliphatic heterocycles. The fourth-order valence-corrected chi connectivity index (χ4v) is 6.08. The normalized spacial score (nSPS) is 18.8. The lowest BCUT2D eigenvalue weighted by Crippen LogP contribution is -2.54. The highest BCUT2D eigenvalue weighted by Crippen LogP contribution is 2.37. The first-order valence-electron chi connectivity index (χ1n) is 11.4. The number of hydrogen-bond donors (Lipinski definition) is 3. The molecule has 0 spiro atoms. The van der Waals surface area contributed by atoms with Gasteiger partial charge in [-0.15, -0.1) is 0 Å². The molecule has 0 bridgehead atoms. The number of nitrogens with one attached hydrogen (secondary N) is 2. The maximum atomic E-state index is 14.1. The molecule has 2 aliphatic rings. The Bertz CT molecular complexity index is 1150. The van der Waals surface area contributed by atoms with Crippen molar-refractivity contribution in [3.63, 3.8) is 0 Å². The van der Waals surface area contributed by atoms with Gasteiger partial charge < -0.3 is 15.2 Å². The van der Waals surface area contributed by atoms with Gasteiger partial charge in [-0.2, -0.15) is 17.4 Å². The Balaban J connectivity index is 1.53. The zero-order valence-electron chi connectivity index (χ0n) is 19.1. The number of amides is 1. The maximum Gasteiger partial charge on any atom is 0.279 e. The van der Waals surface area contributed by atoms with E-state index in [2.05, 4.69) is 10.0 Å². The van der Waals surface area contributed by atoms with Gasteiger partial charge in [-0.05, 0) is 55.5 Å². The zero-order chi connectivity index (χ0) is 24.3. The van der Waals surface area contributed by atoms with Gasteiger partial charge in [0.15, 0.2) is 0 Å². The van der Waals surface area contributed by atoms with Gasteiger partial charge in [-0.1, -0.05) is 24.6 Å². The minimum atomic E-state index is -3.60. The predicted molar refractivity (Wildman–Crippen MR) is 126 cm³/mol. The molecule has 1 heterocycles. The molecule has 1 aliphatic carbocycles. The standard InChI is InChI=1S/C24H30FN3O5S/c1-33-21-10-4-9-20(29)22(21)23(30)26-16-24(17-5-2-6-18(25)15-17)11-13-28(14-12-24)34(31,32)27-19-7-3-8-19/h2,4-6,9-10,15,19,27,29H,3,7-8,11-14,16H2,1H3,(H,26,30). The quantitative estimate of drug-likeness (QED) is 0.526. The van der Waals surface area contributed by atoms with Crippen molar-refractivity contribution in [3.05, 3.63) is 59.4 Å². The van der Waals surface area contributed by atoms with E-state index in [4.69, 9.17) is 4.74 Å². The van der Waals surface area contributed by atoms with Gasteiger partial charge in [0.05, 0.1) is 7.11 Å². The number of carbonyl (C=O) groups is 1. The van der Waals surface area contributed by atoms with Crippen molar-refractivity contribution in [2.45, 2.75) is 43.6 Å². The van der Waals surface area contributed by atoms with Crippen LogP contribution >= 0.6 is 0 Å². The number of carbonyl (C=O) groups excluding carboxylic acids is 1. The van der Waals surface area contributed by atoms with Gasteiger partial charge in [0.2, 0.25) is 0 Å². The maximum absolute atomic E-state index is 14.1. The Labute approximate surface area is 199 Å². The number of rotatable bonds is 8. The SMILES string of the molecule is COc1cccc(O)c1C(=O)NCC1(c2cccc(F)c2)CCN(S(=O)(=O)NC2CCC2)CC1. The van der Waals surface area contributed by atoms with E-state index in [1.807, 2.05) is 0 Å². The summed E-state index contributed by atoms with van der Waals surface area (Å²) in [4.78, 5) is 13.0. The summed E-state index contributed by atoms with van der Waals surface area (Å²) >= 11 is 0. The Kier molecular flexibility index (Phi) is 7.11. The second-order valence-electron chi connectivity index (χ2n) is 8.98. The van der Waals surface area contributed by atoms with E-state index >= 15 is 0 Å². The monoisotopic (exact) mass is 491 g/mol. The third kappa shape index (κ3) is 5.03. The topological polar surface area (TPSA) is 108 Å². The molecule has 0 unspecified atom stereocenters. The molecule has 184 valence electrons. The Morgan fingerprint density at radius 1 is 1.21 bits per heavy atom. The molecule has 10 heteroatoms. The second-order valence-corrected chi connectivity index (χ2v) is 10.7. The molecular formula is C24H30FN3O5S. The smallest absolute Gasteiger partial charge is 0.279 e. The van der Waals surface area contributed by atoms with Crippen LogP contribution < -0.4 is 14.8 Å². The lowest BCUT2D eigenvalue weighted by atomic mass is 9.73. The first-order valence-corrected chi connectivity index (χ1v) is 12.9. The third-order valence-electron chi connectivity index (χ3n) is 6.92. The highest BCUT2D eigenvalue weighted by Gasteiger charge is 2.41. The molecular weight excluding hydrogens is 461 g/mol. The van der Waals surface area contributed by atoms with Crippen molar-refractivity contribution in [2.24, 2.45) is 0 Å². The Morgan fingerprint density at radius 3 is 2.53 bits per heavy atom. The lowest BCUT2D eigenvalue weighted by molar-refractivity contribution is 0.0926. The summed E-state index contributed by atoms with van der Waals surface area (Å²) in [5.74, 6) is -0.889. The molecule has 1 amide bonds. The van der Waals surface area contributed by atoms with Crippen molar-refractivity contribution in [3.8, 4) is 11.5 Å². The number of phenols is 1. The van der Waals surface area contributed by atoms with Crippen LogP contribution in [0.5, 0.6) is 11.5 Å². The molecule has 1 saturated heterocycles. The average molecular weight is 492 g/mol. The summed E-state index contributed by atoms with van der Waals surface area (Å²) in [7, 11) is -2.19. The number of nitrogens with zero attached hydrogens (tertiary/aromatic N) is 1. The summed E-state index contributed by atoms with van der Waals surface area (Å²) in [6.45, 7) is 0.638. The molecule has 3 N–H and O–H groups in total. The van der Waals surface area contributed by atoms with E-state index in [-0.39, 0.29) is 42.7 Å². The highest BCUT2D eigenvalue weighted by atomic mass is 32.2. The average Bonchev–Trinajstić information content (AvgIpc) is 2.80. The van der Waals surface area contributed by atoms with Gasteiger partial charge >= 0.3 is 0 Å². The number of halogens is 1. The van der Waals surface area contributed by atoms with Crippen molar-refractivity contribution < 1.29 is 27.4 Å². The van der Waals surface area contributed by atoms with E-state index in [1.54, 1.807) is 24.3 Å². The molecule has 0 aromatic heterocycles. The van der Waals surface area contributed by atoms with Gasteiger partial charge in [0.1, 0.15) is 22.9 Å². The molecule has 0 radical (unpaired) electrons. The molecule has 2 aromatic rings. The van der Waals surface area contributed by atoms with Crippen LogP contribution in [0.15, 0.2) is 42.5 Å². The van der Waals surface area contributed by atoms with Crippen molar-refractivity contribution in [1.29, 1.82) is 0 Å². The number of methoxy groups -OCH3 is 1. The number of hydrogen-bond acceptors (Lipinski definition) is 5. The first-order chi connectivity index (χ1) is 16.2. The molecule has 34 heavy (non-hydrogen) atoms. The van der Waals surface area contributed by atoms with Crippen LogP contribution in [0, 0.1) is 5.82 Å². The van der Waals surface area contributed by atoms with Crippen LogP contribution in [0.25, 0.3) is 0 Å². The van der Waals surface area contributed by atoms with Gasteiger partial charge in [-0.3, -0.25) is 4.79 Å². The van der Waals surface area contributed by atoms with Gasteiger partial charge in [-0.25, -0.2) is 4.39 Å². The van der Waals surface area contributed by atoms with E-state index in [1.165, 1.54) is 29.6 Å². The van der Waals surface area contributed by atoms with E-state index in [9.17, 15) is 22.7 Å². The number of ether oxygens (including phenoxy) is 1. The minimum absolute atomic E-state index is 0.00674. The largest absolute Gasteiger partial charge is 0.507 e. The highest BCUT2D eigenvalue weighted by molar-refractivity contribution is 7.87. The summed E-state index contributed by atoms with van der Waals surface area (Å²) in [5.41, 5.74) is 0.0443. The minimum Gasteiger partial charge on any atom is -0.507 e. The summed E-state index contributed by atoms with van der Waals surface area (Å²) in [5, 5.41) is 13.1. The van der Waals surface area contributed by atoms with Crippen LogP contribution in [0.4, 0.5) is 4.39 Å². The van der Waals surface area contributed by atoms with Crippen LogP contribution in [-0.4, -0.2) is 56.5 Å². The van der Waals surface area contributed by atoms with Crippen LogP contribution in [-0.2, 0) is 15.6 Å². The van der Waals surface area contributed by atoms with E-state index in [0.29, 0.717) is 18.4 Å². The zero-order valence-corrected chi connectivity index (χ0v) is 19.9. The summed E-state index contributed by atoms with van der Waals surface area (Å²) < 4.78 is 49.1. The molecule has 2 aromatic carbocycles. The fourth-order valence-electron chi connectivity index (χ4n) is 4.61. The number of piperidine rings is 1. The molecule has 2 fully saturated rings. The molecule has 4 rings (SSSR count). The number of aromatic hydroxyl groups is 1. The van der Waals surface area contributed by atoms with Crippen LogP contribution in [0.2, 0.25) is 0 Å². The molecule has 8 nitrogen and oxygen atoms in total. The second kappa shape index (κ2) is 9.89. The van der Waals surface area contributed by atoms with Crippen LogP contribution in [0.3, 0.4) is 0 Å². The first kappa shape index (κ1) is 24.4. The van der Waals surface area contributed by atoms with Crippen molar-refractivity contribution in [2.75, 3.05) is 26.7 Å². The van der Waals surface area contributed by atoms with E-state index in [0.717, 1.165) is 19.3 Å². The number of benzene rings is 2. The van der Waals surface area contributed by atoms with Crippen molar-refractivity contribution in [1.82, 2.24) is 14.3 Å². The Hall–Kier alpha value is -2.69. The summed E-state index contributed by atoms with van der Waals surface area (Å²) in [6, 6.07) is 10.7. The third-order valence-corrected chi connectivity index (χ3v) is 8.59. The van der Waals surface area contributed by atoms with Gasteiger partial charge in [0.25, 0.3) is 16.1 Å². The lowest BCUT2D eigenvalue weighted by Gasteiger charge is -2.42. The molecule has 0 atom stereocenters. The summed E-state index contributed by atoms with van der Waals surface area (Å²) in [6.07, 6.45) is 3.53. The van der Waals surface area contributed by atoms with Crippen LogP contribution in [0.1, 0.15) is 48.0 Å². The number of phenolic OH excluding ortho intramolecular Hbond substituents is 1. The molecule has 1 saturated carbocycles. The fraction of sp³-hybridized carbons (Fsp3) is 0.458. The Morgan fingerprint density at radius 2 is 1.91 bits per heavy atom.